The van der Waals surface area contributed by atoms with Crippen molar-refractivity contribution in [1.29, 1.82) is 0 Å². The van der Waals surface area contributed by atoms with E-state index in [2.05, 4.69) is 5.32 Å². The van der Waals surface area contributed by atoms with Crippen molar-refractivity contribution in [2.75, 3.05) is 18.5 Å². The molecule has 2 aromatic rings. The number of carbonyl (C=O) groups is 3. The minimum absolute atomic E-state index is 0.220. The fraction of sp³-hybridized carbons (Fsp3) is 0.286. The summed E-state index contributed by atoms with van der Waals surface area (Å²) in [4.78, 5) is 36.1. The lowest BCUT2D eigenvalue weighted by Gasteiger charge is -2.14. The van der Waals surface area contributed by atoms with E-state index in [4.69, 9.17) is 14.2 Å². The Bertz CT molecular complexity index is 848. The van der Waals surface area contributed by atoms with Gasteiger partial charge in [-0.1, -0.05) is 24.3 Å². The number of hydrogen-bond acceptors (Lipinski definition) is 6. The van der Waals surface area contributed by atoms with Gasteiger partial charge in [0, 0.05) is 0 Å². The van der Waals surface area contributed by atoms with Crippen LogP contribution in [0.1, 0.15) is 29.8 Å². The van der Waals surface area contributed by atoms with Gasteiger partial charge in [-0.2, -0.15) is 0 Å². The summed E-state index contributed by atoms with van der Waals surface area (Å²) in [6.45, 7) is 4.86. The van der Waals surface area contributed by atoms with Gasteiger partial charge in [0.25, 0.3) is 5.91 Å². The molecule has 0 fully saturated rings. The Morgan fingerprint density at radius 1 is 1.04 bits per heavy atom. The predicted molar refractivity (Wildman–Crippen MR) is 103 cm³/mol. The number of hydrogen-bond donors (Lipinski definition) is 1. The van der Waals surface area contributed by atoms with Crippen LogP contribution in [0, 0.1) is 6.92 Å². The number of amides is 1. The van der Waals surface area contributed by atoms with E-state index < -0.39 is 30.6 Å². The molecule has 1 atom stereocenters. The van der Waals surface area contributed by atoms with Crippen molar-refractivity contribution in [1.82, 2.24) is 0 Å². The summed E-state index contributed by atoms with van der Waals surface area (Å²) in [6.07, 6.45) is -0.874. The summed E-state index contributed by atoms with van der Waals surface area (Å²) in [6, 6.07) is 13.7. The van der Waals surface area contributed by atoms with E-state index in [1.54, 1.807) is 44.2 Å². The van der Waals surface area contributed by atoms with Crippen LogP contribution in [0.4, 0.5) is 5.69 Å². The van der Waals surface area contributed by atoms with E-state index in [1.807, 2.05) is 19.1 Å². The summed E-state index contributed by atoms with van der Waals surface area (Å²) in [5.41, 5.74) is 1.50. The highest BCUT2D eigenvalue weighted by Gasteiger charge is 2.19. The van der Waals surface area contributed by atoms with Crippen molar-refractivity contribution in [2.45, 2.75) is 26.9 Å². The lowest BCUT2D eigenvalue weighted by molar-refractivity contribution is -0.153. The van der Waals surface area contributed by atoms with Gasteiger partial charge in [-0.05, 0) is 50.6 Å². The number of nitrogens with one attached hydrogen (secondary N) is 1. The fourth-order valence-electron chi connectivity index (χ4n) is 2.36. The molecule has 28 heavy (non-hydrogen) atoms. The summed E-state index contributed by atoms with van der Waals surface area (Å²) in [7, 11) is 0. The van der Waals surface area contributed by atoms with Gasteiger partial charge in [-0.3, -0.25) is 4.79 Å². The molecular formula is C21H23NO6. The van der Waals surface area contributed by atoms with E-state index in [0.29, 0.717) is 5.75 Å². The van der Waals surface area contributed by atoms with Crippen molar-refractivity contribution in [3.05, 3.63) is 59.7 Å². The van der Waals surface area contributed by atoms with Gasteiger partial charge in [-0.15, -0.1) is 0 Å². The molecule has 2 rings (SSSR count). The molecule has 0 spiro atoms. The van der Waals surface area contributed by atoms with Crippen LogP contribution in [0.5, 0.6) is 5.75 Å². The molecule has 0 bridgehead atoms. The monoisotopic (exact) mass is 385 g/mol. The first-order valence-corrected chi connectivity index (χ1v) is 8.86. The number of anilines is 1. The van der Waals surface area contributed by atoms with Crippen LogP contribution in [-0.4, -0.2) is 37.2 Å². The van der Waals surface area contributed by atoms with Crippen LogP contribution in [0.2, 0.25) is 0 Å². The highest BCUT2D eigenvalue weighted by molar-refractivity contribution is 6.01. The molecule has 148 valence electrons. The van der Waals surface area contributed by atoms with Crippen LogP contribution in [-0.2, 0) is 19.1 Å². The standard InChI is InChI=1S/C21H23NO6/c1-4-26-21(25)17-10-5-6-11-18(17)22-19(23)13-27-20(24)15(3)28-16-9-7-8-14(2)12-16/h5-12,15H,4,13H2,1-3H3,(H,22,23)/t15-/m0/s1. The Morgan fingerprint density at radius 3 is 2.50 bits per heavy atom. The van der Waals surface area contributed by atoms with Gasteiger partial charge in [-0.25, -0.2) is 9.59 Å². The zero-order chi connectivity index (χ0) is 20.5. The molecule has 0 saturated carbocycles. The third-order valence-electron chi connectivity index (χ3n) is 3.68. The molecule has 2 aromatic carbocycles. The summed E-state index contributed by atoms with van der Waals surface area (Å²) in [5, 5.41) is 2.54. The number of para-hydroxylation sites is 1. The number of carbonyl (C=O) groups excluding carboxylic acids is 3. The highest BCUT2D eigenvalue weighted by atomic mass is 16.6. The second-order valence-corrected chi connectivity index (χ2v) is 6.00. The molecule has 0 aliphatic carbocycles. The topological polar surface area (TPSA) is 90.9 Å². The molecule has 0 aliphatic heterocycles. The molecule has 0 saturated heterocycles. The van der Waals surface area contributed by atoms with Crippen molar-refractivity contribution < 1.29 is 28.6 Å². The SMILES string of the molecule is CCOC(=O)c1ccccc1NC(=O)COC(=O)[C@H](C)Oc1cccc(C)c1. The van der Waals surface area contributed by atoms with Crippen molar-refractivity contribution >= 4 is 23.5 Å². The Morgan fingerprint density at radius 2 is 1.79 bits per heavy atom. The maximum atomic E-state index is 12.1. The summed E-state index contributed by atoms with van der Waals surface area (Å²) >= 11 is 0. The Hall–Kier alpha value is -3.35. The van der Waals surface area contributed by atoms with Gasteiger partial charge in [0.2, 0.25) is 0 Å². The van der Waals surface area contributed by atoms with Crippen LogP contribution < -0.4 is 10.1 Å². The average molecular weight is 385 g/mol. The van der Waals surface area contributed by atoms with Gasteiger partial charge < -0.3 is 19.5 Å². The van der Waals surface area contributed by atoms with E-state index in [-0.39, 0.29) is 17.9 Å². The predicted octanol–water partition coefficient (Wildman–Crippen LogP) is 3.12. The first-order chi connectivity index (χ1) is 13.4. The molecule has 7 nitrogen and oxygen atoms in total. The molecule has 7 heteroatoms. The number of benzene rings is 2. The third kappa shape index (κ3) is 6.12. The molecule has 1 amide bonds. The summed E-state index contributed by atoms with van der Waals surface area (Å²) in [5.74, 6) is -1.25. The maximum Gasteiger partial charge on any atom is 0.347 e. The second-order valence-electron chi connectivity index (χ2n) is 6.00. The van der Waals surface area contributed by atoms with E-state index in [9.17, 15) is 14.4 Å². The first kappa shape index (κ1) is 21.0. The molecule has 1 N–H and O–H groups in total. The largest absolute Gasteiger partial charge is 0.479 e. The van der Waals surface area contributed by atoms with Gasteiger partial charge >= 0.3 is 11.9 Å². The zero-order valence-corrected chi connectivity index (χ0v) is 16.1. The first-order valence-electron chi connectivity index (χ1n) is 8.86. The van der Waals surface area contributed by atoms with E-state index >= 15 is 0 Å². The fourth-order valence-corrected chi connectivity index (χ4v) is 2.36. The van der Waals surface area contributed by atoms with E-state index in [0.717, 1.165) is 5.56 Å². The smallest absolute Gasteiger partial charge is 0.347 e. The van der Waals surface area contributed by atoms with Crippen LogP contribution >= 0.6 is 0 Å². The number of aryl methyl sites for hydroxylation is 1. The molecule has 0 heterocycles. The number of esters is 2. The van der Waals surface area contributed by atoms with Gasteiger partial charge in [0.15, 0.2) is 12.7 Å². The minimum Gasteiger partial charge on any atom is -0.479 e. The van der Waals surface area contributed by atoms with Crippen LogP contribution in [0.3, 0.4) is 0 Å². The zero-order valence-electron chi connectivity index (χ0n) is 16.1. The van der Waals surface area contributed by atoms with Gasteiger partial charge in [0.1, 0.15) is 5.75 Å². The number of ether oxygens (including phenoxy) is 3. The molecule has 0 radical (unpaired) electrons. The Labute approximate surface area is 163 Å². The van der Waals surface area contributed by atoms with Crippen molar-refractivity contribution in [3.8, 4) is 5.75 Å². The van der Waals surface area contributed by atoms with Crippen molar-refractivity contribution in [2.24, 2.45) is 0 Å². The lowest BCUT2D eigenvalue weighted by atomic mass is 10.2. The Balaban J connectivity index is 1.88. The highest BCUT2D eigenvalue weighted by Crippen LogP contribution is 2.17. The van der Waals surface area contributed by atoms with Crippen molar-refractivity contribution in [3.63, 3.8) is 0 Å². The summed E-state index contributed by atoms with van der Waals surface area (Å²) < 4.78 is 15.5. The molecule has 0 aromatic heterocycles. The minimum atomic E-state index is -0.874. The van der Waals surface area contributed by atoms with Crippen LogP contribution in [0.15, 0.2) is 48.5 Å². The van der Waals surface area contributed by atoms with Crippen LogP contribution in [0.25, 0.3) is 0 Å². The number of rotatable bonds is 8. The normalized spacial score (nSPS) is 11.2. The third-order valence-corrected chi connectivity index (χ3v) is 3.68. The van der Waals surface area contributed by atoms with Gasteiger partial charge in [0.05, 0.1) is 17.9 Å². The molecular weight excluding hydrogens is 362 g/mol. The molecule has 0 unspecified atom stereocenters. The average Bonchev–Trinajstić information content (AvgIpc) is 2.66. The van der Waals surface area contributed by atoms with E-state index in [1.165, 1.54) is 6.07 Å². The second kappa shape index (κ2) is 10.1. The Kier molecular flexibility index (Phi) is 7.56. The lowest BCUT2D eigenvalue weighted by Crippen LogP contribution is -2.30. The maximum absolute atomic E-state index is 12.1. The quantitative estimate of drug-likeness (QED) is 0.702. The molecule has 0 aliphatic rings.